The van der Waals surface area contributed by atoms with Crippen LogP contribution in [0, 0.1) is 12.7 Å². The quantitative estimate of drug-likeness (QED) is 0.592. The minimum Gasteiger partial charge on any atom is -0.480 e. The van der Waals surface area contributed by atoms with Crippen LogP contribution in [0.4, 0.5) is 10.1 Å². The molecule has 2 aliphatic rings. The monoisotopic (exact) mass is 458 g/mol. The van der Waals surface area contributed by atoms with Crippen LogP contribution in [0.5, 0.6) is 5.88 Å². The van der Waals surface area contributed by atoms with E-state index in [1.165, 1.54) is 7.11 Å². The number of benzene rings is 1. The molecule has 0 atom stereocenters. The number of nitrogens with one attached hydrogen (secondary N) is 1. The van der Waals surface area contributed by atoms with Gasteiger partial charge in [-0.25, -0.2) is 14.2 Å². The first-order valence-electron chi connectivity index (χ1n) is 11.5. The van der Waals surface area contributed by atoms with Crippen LogP contribution in [0.15, 0.2) is 24.3 Å². The number of carbonyl (C=O) groups is 1. The smallest absolute Gasteiger partial charge is 0.329 e. The molecule has 1 aliphatic carbocycles. The van der Waals surface area contributed by atoms with Crippen LogP contribution >= 0.6 is 0 Å². The molecule has 1 aliphatic heterocycles. The van der Waals surface area contributed by atoms with Crippen molar-refractivity contribution in [3.63, 3.8) is 0 Å². The summed E-state index contributed by atoms with van der Waals surface area (Å²) in [7, 11) is 1.39. The summed E-state index contributed by atoms with van der Waals surface area (Å²) in [5.74, 6) is -1.49. The number of halogens is 1. The fourth-order valence-corrected chi connectivity index (χ4v) is 4.66. The average Bonchev–Trinajstić information content (AvgIpc) is 3.33. The molecule has 8 heteroatoms. The molecule has 2 heterocycles. The van der Waals surface area contributed by atoms with Crippen molar-refractivity contribution in [1.82, 2.24) is 4.98 Å². The lowest BCUT2D eigenvalue weighted by Gasteiger charge is -2.35. The summed E-state index contributed by atoms with van der Waals surface area (Å²) >= 11 is 0. The Morgan fingerprint density at radius 1 is 1.24 bits per heavy atom. The minimum absolute atomic E-state index is 0.0538. The van der Waals surface area contributed by atoms with Crippen LogP contribution < -0.4 is 10.1 Å². The van der Waals surface area contributed by atoms with Crippen molar-refractivity contribution in [2.24, 2.45) is 0 Å². The normalized spacial score (nSPS) is 18.3. The van der Waals surface area contributed by atoms with Gasteiger partial charge < -0.3 is 24.6 Å². The molecule has 1 saturated carbocycles. The number of hydrogen-bond acceptors (Lipinski definition) is 6. The van der Waals surface area contributed by atoms with E-state index in [2.05, 4.69) is 10.3 Å². The van der Waals surface area contributed by atoms with Crippen molar-refractivity contribution in [3.8, 4) is 17.0 Å². The Balaban J connectivity index is 1.70. The van der Waals surface area contributed by atoms with Gasteiger partial charge in [0.25, 0.3) is 5.88 Å². The number of aryl methyl sites for hydroxylation is 1. The summed E-state index contributed by atoms with van der Waals surface area (Å²) in [5, 5.41) is 13.1. The maximum Gasteiger partial charge on any atom is 0.329 e. The number of aliphatic carboxylic acids is 1. The van der Waals surface area contributed by atoms with Gasteiger partial charge in [0.2, 0.25) is 0 Å². The molecule has 7 nitrogen and oxygen atoms in total. The summed E-state index contributed by atoms with van der Waals surface area (Å²) in [5.41, 5.74) is 2.05. The highest BCUT2D eigenvalue weighted by molar-refractivity contribution is 5.83. The SMILES string of the molecule is COc1nc(C)cc(-c2ccc(NC3(C(=O)O)CCOCC3)cc2COC2CCCC2)c1F. The number of aromatic nitrogens is 1. The van der Waals surface area contributed by atoms with Crippen molar-refractivity contribution < 1.29 is 28.5 Å². The number of ether oxygens (including phenoxy) is 3. The standard InChI is InChI=1S/C25H31FN2O5/c1-16-13-21(22(26)23(27-16)31-2)20-8-7-18(14-17(20)15-33-19-5-3-4-6-19)28-25(24(29)30)9-11-32-12-10-25/h7-8,13-14,19,28H,3-6,9-12,15H2,1-2H3,(H,29,30). The van der Waals surface area contributed by atoms with E-state index in [1.807, 2.05) is 12.1 Å². The third kappa shape index (κ3) is 5.12. The van der Waals surface area contributed by atoms with Crippen LogP contribution in [0.3, 0.4) is 0 Å². The first kappa shape index (κ1) is 23.4. The summed E-state index contributed by atoms with van der Waals surface area (Å²) < 4.78 is 31.8. The zero-order chi connectivity index (χ0) is 23.4. The minimum atomic E-state index is -1.09. The van der Waals surface area contributed by atoms with E-state index in [0.29, 0.717) is 55.2 Å². The molecule has 0 amide bonds. The molecule has 2 N–H and O–H groups in total. The molecule has 0 spiro atoms. The molecule has 2 aromatic rings. The van der Waals surface area contributed by atoms with Gasteiger partial charge in [0, 0.05) is 43.0 Å². The van der Waals surface area contributed by atoms with Gasteiger partial charge in [-0.1, -0.05) is 18.9 Å². The van der Waals surface area contributed by atoms with E-state index in [1.54, 1.807) is 19.1 Å². The molecule has 1 aromatic carbocycles. The molecular weight excluding hydrogens is 427 g/mol. The van der Waals surface area contributed by atoms with E-state index in [0.717, 1.165) is 31.2 Å². The van der Waals surface area contributed by atoms with Crippen molar-refractivity contribution in [2.75, 3.05) is 25.6 Å². The van der Waals surface area contributed by atoms with E-state index >= 15 is 4.39 Å². The lowest BCUT2D eigenvalue weighted by molar-refractivity contribution is -0.145. The summed E-state index contributed by atoms with van der Waals surface area (Å²) in [4.78, 5) is 16.2. The van der Waals surface area contributed by atoms with Crippen LogP contribution in [-0.4, -0.2) is 48.0 Å². The van der Waals surface area contributed by atoms with Gasteiger partial charge in [0.15, 0.2) is 5.82 Å². The van der Waals surface area contributed by atoms with Crippen LogP contribution in [-0.2, 0) is 20.9 Å². The fraction of sp³-hybridized carbons (Fsp3) is 0.520. The predicted molar refractivity (Wildman–Crippen MR) is 122 cm³/mol. The van der Waals surface area contributed by atoms with E-state index in [9.17, 15) is 9.90 Å². The van der Waals surface area contributed by atoms with Crippen LogP contribution in [0.25, 0.3) is 11.1 Å². The van der Waals surface area contributed by atoms with Gasteiger partial charge in [0.05, 0.1) is 19.8 Å². The Morgan fingerprint density at radius 2 is 1.97 bits per heavy atom. The average molecular weight is 459 g/mol. The molecule has 4 rings (SSSR count). The van der Waals surface area contributed by atoms with Crippen LogP contribution in [0.2, 0.25) is 0 Å². The van der Waals surface area contributed by atoms with Crippen LogP contribution in [0.1, 0.15) is 49.8 Å². The topological polar surface area (TPSA) is 89.9 Å². The Labute approximate surface area is 193 Å². The van der Waals surface area contributed by atoms with Gasteiger partial charge in [-0.05, 0) is 49.1 Å². The van der Waals surface area contributed by atoms with Crippen molar-refractivity contribution in [3.05, 3.63) is 41.3 Å². The zero-order valence-electron chi connectivity index (χ0n) is 19.2. The second-order valence-electron chi connectivity index (χ2n) is 8.85. The van der Waals surface area contributed by atoms with Gasteiger partial charge in [-0.3, -0.25) is 0 Å². The lowest BCUT2D eigenvalue weighted by Crippen LogP contribution is -2.50. The second kappa shape index (κ2) is 10.1. The Bertz CT molecular complexity index is 1000. The highest BCUT2D eigenvalue weighted by Gasteiger charge is 2.40. The molecule has 0 unspecified atom stereocenters. The molecule has 2 fully saturated rings. The molecule has 1 saturated heterocycles. The number of methoxy groups -OCH3 is 1. The number of pyridine rings is 1. The molecule has 1 aromatic heterocycles. The Morgan fingerprint density at radius 3 is 2.64 bits per heavy atom. The third-order valence-electron chi connectivity index (χ3n) is 6.56. The number of anilines is 1. The summed E-state index contributed by atoms with van der Waals surface area (Å²) in [6.07, 6.45) is 5.27. The van der Waals surface area contributed by atoms with Gasteiger partial charge >= 0.3 is 5.97 Å². The summed E-state index contributed by atoms with van der Waals surface area (Å²) in [6, 6.07) is 7.15. The molecular formula is C25H31FN2O5. The number of rotatable bonds is 8. The maximum absolute atomic E-state index is 15.2. The molecule has 33 heavy (non-hydrogen) atoms. The molecule has 0 radical (unpaired) electrons. The van der Waals surface area contributed by atoms with Gasteiger partial charge in [-0.2, -0.15) is 0 Å². The number of carboxylic acids is 1. The molecule has 0 bridgehead atoms. The Hall–Kier alpha value is -2.71. The number of hydrogen-bond donors (Lipinski definition) is 2. The predicted octanol–water partition coefficient (Wildman–Crippen LogP) is 4.71. The Kier molecular flexibility index (Phi) is 7.14. The van der Waals surface area contributed by atoms with E-state index in [-0.39, 0.29) is 12.0 Å². The van der Waals surface area contributed by atoms with Gasteiger partial charge in [0.1, 0.15) is 5.54 Å². The highest BCUT2D eigenvalue weighted by atomic mass is 19.1. The highest BCUT2D eigenvalue weighted by Crippen LogP contribution is 2.35. The van der Waals surface area contributed by atoms with Crippen molar-refractivity contribution in [1.29, 1.82) is 0 Å². The number of nitrogens with zero attached hydrogens (tertiary/aromatic N) is 1. The summed E-state index contributed by atoms with van der Waals surface area (Å²) in [6.45, 7) is 2.87. The third-order valence-corrected chi connectivity index (χ3v) is 6.56. The second-order valence-corrected chi connectivity index (χ2v) is 8.85. The lowest BCUT2D eigenvalue weighted by atomic mass is 9.89. The first-order valence-corrected chi connectivity index (χ1v) is 11.5. The molecule has 178 valence electrons. The van der Waals surface area contributed by atoms with E-state index < -0.39 is 17.3 Å². The largest absolute Gasteiger partial charge is 0.480 e. The number of carboxylic acid groups (broad SMARTS) is 1. The van der Waals surface area contributed by atoms with Gasteiger partial charge in [-0.15, -0.1) is 0 Å². The fourth-order valence-electron chi connectivity index (χ4n) is 4.66. The van der Waals surface area contributed by atoms with E-state index in [4.69, 9.17) is 14.2 Å². The maximum atomic E-state index is 15.2. The van der Waals surface area contributed by atoms with Crippen molar-refractivity contribution >= 4 is 11.7 Å². The zero-order valence-corrected chi connectivity index (χ0v) is 19.2. The van der Waals surface area contributed by atoms with Crippen molar-refractivity contribution in [2.45, 2.75) is 63.7 Å². The first-order chi connectivity index (χ1) is 15.9.